The average Bonchev–Trinajstić information content (AvgIpc) is 2.74. The van der Waals surface area contributed by atoms with Gasteiger partial charge in [0.2, 0.25) is 11.8 Å². The van der Waals surface area contributed by atoms with Crippen LogP contribution in [0.1, 0.15) is 69.8 Å². The standard InChI is InChI=1S/C24H34FN3O2/c25-19-11-9-17(10-12-19)15-26-23(29)16-28-21-7-4-8-22(28)14-20(13-21)27-24(30)18-5-2-1-3-6-18/h9-12,18,20-22H,1-8,13-16H2,(H,26,29)(H,27,30)/t20?,21-,22+. The van der Waals surface area contributed by atoms with Crippen LogP contribution in [0.15, 0.2) is 24.3 Å². The number of nitrogens with zero attached hydrogens (tertiary/aromatic N) is 1. The summed E-state index contributed by atoms with van der Waals surface area (Å²) in [6, 6.07) is 7.20. The molecule has 1 aliphatic carbocycles. The quantitative estimate of drug-likeness (QED) is 0.747. The van der Waals surface area contributed by atoms with Gasteiger partial charge in [-0.15, -0.1) is 0 Å². The lowest BCUT2D eigenvalue weighted by Crippen LogP contribution is -2.59. The van der Waals surface area contributed by atoms with Crippen molar-refractivity contribution in [1.29, 1.82) is 0 Å². The maximum atomic E-state index is 13.0. The van der Waals surface area contributed by atoms with Crippen LogP contribution in [-0.2, 0) is 16.1 Å². The van der Waals surface area contributed by atoms with E-state index in [4.69, 9.17) is 0 Å². The number of fused-ring (bicyclic) bond motifs is 2. The second-order valence-corrected chi connectivity index (χ2v) is 9.33. The predicted octanol–water partition coefficient (Wildman–Crippen LogP) is 3.52. The first-order valence-electron chi connectivity index (χ1n) is 11.7. The minimum atomic E-state index is -0.267. The molecule has 2 heterocycles. The molecule has 2 saturated heterocycles. The van der Waals surface area contributed by atoms with Gasteiger partial charge in [-0.1, -0.05) is 37.8 Å². The third-order valence-corrected chi connectivity index (χ3v) is 7.18. The molecular formula is C24H34FN3O2. The van der Waals surface area contributed by atoms with Crippen LogP contribution in [0.5, 0.6) is 0 Å². The van der Waals surface area contributed by atoms with E-state index in [2.05, 4.69) is 15.5 Å². The van der Waals surface area contributed by atoms with Crippen LogP contribution in [0.4, 0.5) is 4.39 Å². The van der Waals surface area contributed by atoms with Gasteiger partial charge in [0, 0.05) is 30.6 Å². The fourth-order valence-electron chi connectivity index (χ4n) is 5.56. The number of hydrogen-bond donors (Lipinski definition) is 2. The van der Waals surface area contributed by atoms with E-state index >= 15 is 0 Å². The van der Waals surface area contributed by atoms with Crippen molar-refractivity contribution in [2.45, 2.75) is 88.9 Å². The van der Waals surface area contributed by atoms with Crippen molar-refractivity contribution >= 4 is 11.8 Å². The molecule has 1 saturated carbocycles. The largest absolute Gasteiger partial charge is 0.353 e. The van der Waals surface area contributed by atoms with Gasteiger partial charge in [-0.05, 0) is 56.2 Å². The summed E-state index contributed by atoms with van der Waals surface area (Å²) in [5, 5.41) is 6.31. The maximum absolute atomic E-state index is 13.0. The highest BCUT2D eigenvalue weighted by molar-refractivity contribution is 5.79. The Labute approximate surface area is 178 Å². The normalized spacial score (nSPS) is 27.4. The zero-order chi connectivity index (χ0) is 20.9. The zero-order valence-corrected chi connectivity index (χ0v) is 17.7. The molecule has 3 fully saturated rings. The first-order valence-corrected chi connectivity index (χ1v) is 11.7. The highest BCUT2D eigenvalue weighted by Crippen LogP contribution is 2.34. The molecule has 1 unspecified atom stereocenters. The van der Waals surface area contributed by atoms with E-state index in [1.165, 1.54) is 37.8 Å². The van der Waals surface area contributed by atoms with E-state index in [1.54, 1.807) is 12.1 Å². The van der Waals surface area contributed by atoms with Crippen molar-refractivity contribution in [2.24, 2.45) is 5.92 Å². The van der Waals surface area contributed by atoms with Crippen LogP contribution in [0.2, 0.25) is 0 Å². The van der Waals surface area contributed by atoms with Crippen molar-refractivity contribution in [3.8, 4) is 0 Å². The molecule has 6 heteroatoms. The van der Waals surface area contributed by atoms with Gasteiger partial charge in [-0.3, -0.25) is 14.5 Å². The zero-order valence-electron chi connectivity index (χ0n) is 17.7. The Kier molecular flexibility index (Phi) is 7.03. The first-order chi connectivity index (χ1) is 14.6. The van der Waals surface area contributed by atoms with Crippen LogP contribution < -0.4 is 10.6 Å². The maximum Gasteiger partial charge on any atom is 0.234 e. The Morgan fingerprint density at radius 3 is 2.27 bits per heavy atom. The molecule has 0 aromatic heterocycles. The molecule has 0 radical (unpaired) electrons. The van der Waals surface area contributed by atoms with Crippen molar-refractivity contribution in [3.63, 3.8) is 0 Å². The molecule has 4 rings (SSSR count). The van der Waals surface area contributed by atoms with E-state index in [1.807, 2.05) is 0 Å². The van der Waals surface area contributed by atoms with Crippen LogP contribution in [0.25, 0.3) is 0 Å². The summed E-state index contributed by atoms with van der Waals surface area (Å²) in [6.07, 6.45) is 11.0. The Bertz CT molecular complexity index is 718. The van der Waals surface area contributed by atoms with Crippen LogP contribution in [0, 0.1) is 11.7 Å². The molecule has 3 atom stereocenters. The summed E-state index contributed by atoms with van der Waals surface area (Å²) in [6.45, 7) is 0.822. The molecule has 5 nitrogen and oxygen atoms in total. The Balaban J connectivity index is 1.27. The van der Waals surface area contributed by atoms with Gasteiger partial charge >= 0.3 is 0 Å². The summed E-state index contributed by atoms with van der Waals surface area (Å²) in [4.78, 5) is 27.6. The minimum Gasteiger partial charge on any atom is -0.353 e. The van der Waals surface area contributed by atoms with Gasteiger partial charge in [0.15, 0.2) is 0 Å². The summed E-state index contributed by atoms with van der Waals surface area (Å²) in [5.41, 5.74) is 0.897. The number of nitrogens with one attached hydrogen (secondary N) is 2. The number of carbonyl (C=O) groups excluding carboxylic acids is 2. The van der Waals surface area contributed by atoms with Gasteiger partial charge in [0.1, 0.15) is 5.82 Å². The fraction of sp³-hybridized carbons (Fsp3) is 0.667. The lowest BCUT2D eigenvalue weighted by molar-refractivity contribution is -0.129. The first kappa shape index (κ1) is 21.3. The van der Waals surface area contributed by atoms with Crippen LogP contribution >= 0.6 is 0 Å². The van der Waals surface area contributed by atoms with Gasteiger partial charge in [-0.25, -0.2) is 4.39 Å². The third kappa shape index (κ3) is 5.39. The fourth-order valence-corrected chi connectivity index (χ4v) is 5.56. The van der Waals surface area contributed by atoms with E-state index in [9.17, 15) is 14.0 Å². The van der Waals surface area contributed by atoms with Crippen LogP contribution in [-0.4, -0.2) is 41.4 Å². The SMILES string of the molecule is O=C(CN1[C@@H]2CCC[C@H]1CC(NC(=O)C1CCCCC1)C2)NCc1ccc(F)cc1. The van der Waals surface area contributed by atoms with E-state index in [0.717, 1.165) is 44.1 Å². The number of hydrogen-bond acceptors (Lipinski definition) is 3. The average molecular weight is 416 g/mol. The smallest absolute Gasteiger partial charge is 0.234 e. The van der Waals surface area contributed by atoms with Crippen molar-refractivity contribution in [1.82, 2.24) is 15.5 Å². The summed E-state index contributed by atoms with van der Waals surface area (Å²) < 4.78 is 13.0. The van der Waals surface area contributed by atoms with Crippen molar-refractivity contribution < 1.29 is 14.0 Å². The monoisotopic (exact) mass is 415 g/mol. The highest BCUT2D eigenvalue weighted by atomic mass is 19.1. The summed E-state index contributed by atoms with van der Waals surface area (Å²) in [7, 11) is 0. The highest BCUT2D eigenvalue weighted by Gasteiger charge is 2.39. The van der Waals surface area contributed by atoms with E-state index in [0.29, 0.717) is 25.2 Å². The Hall–Kier alpha value is -1.95. The molecule has 2 bridgehead atoms. The van der Waals surface area contributed by atoms with Gasteiger partial charge in [-0.2, -0.15) is 0 Å². The third-order valence-electron chi connectivity index (χ3n) is 7.18. The van der Waals surface area contributed by atoms with Gasteiger partial charge in [0.25, 0.3) is 0 Å². The van der Waals surface area contributed by atoms with E-state index in [-0.39, 0.29) is 29.6 Å². The number of carbonyl (C=O) groups is 2. The molecule has 2 aliphatic heterocycles. The molecule has 2 N–H and O–H groups in total. The molecule has 0 spiro atoms. The molecule has 1 aromatic carbocycles. The predicted molar refractivity (Wildman–Crippen MR) is 114 cm³/mol. The molecular weight excluding hydrogens is 381 g/mol. The number of benzene rings is 1. The topological polar surface area (TPSA) is 61.4 Å². The molecule has 3 aliphatic rings. The second-order valence-electron chi connectivity index (χ2n) is 9.33. The number of halogens is 1. The Morgan fingerprint density at radius 2 is 1.60 bits per heavy atom. The minimum absolute atomic E-state index is 0.0147. The van der Waals surface area contributed by atoms with Gasteiger partial charge < -0.3 is 10.6 Å². The molecule has 164 valence electrons. The Morgan fingerprint density at radius 1 is 0.933 bits per heavy atom. The number of amides is 2. The van der Waals surface area contributed by atoms with Gasteiger partial charge in [0.05, 0.1) is 6.54 Å². The van der Waals surface area contributed by atoms with E-state index < -0.39 is 0 Å². The lowest BCUT2D eigenvalue weighted by Gasteiger charge is -2.48. The second kappa shape index (κ2) is 9.90. The summed E-state index contributed by atoms with van der Waals surface area (Å²) >= 11 is 0. The van der Waals surface area contributed by atoms with Crippen LogP contribution in [0.3, 0.4) is 0 Å². The molecule has 2 amide bonds. The van der Waals surface area contributed by atoms with Crippen molar-refractivity contribution in [3.05, 3.63) is 35.6 Å². The number of piperidine rings is 2. The lowest BCUT2D eigenvalue weighted by atomic mass is 9.81. The molecule has 30 heavy (non-hydrogen) atoms. The number of rotatable bonds is 6. The summed E-state index contributed by atoms with van der Waals surface area (Å²) in [5.74, 6) is 0.203. The van der Waals surface area contributed by atoms with Crippen molar-refractivity contribution in [2.75, 3.05) is 6.54 Å². The molecule has 1 aromatic rings.